The van der Waals surface area contributed by atoms with E-state index >= 15 is 0 Å². The number of halogens is 4. The van der Waals surface area contributed by atoms with E-state index in [4.69, 9.17) is 9.47 Å². The molecule has 0 unspecified atom stereocenters. The molecule has 0 bridgehead atoms. The summed E-state index contributed by atoms with van der Waals surface area (Å²) in [6.45, 7) is 0.770. The number of carbonyl (C=O) groups excluding carboxylic acids is 1. The zero-order chi connectivity index (χ0) is 17.3. The summed E-state index contributed by atoms with van der Waals surface area (Å²) in [5, 5.41) is 2.44. The second-order valence-corrected chi connectivity index (χ2v) is 5.00. The molecule has 4 nitrogen and oxygen atoms in total. The van der Waals surface area contributed by atoms with Gasteiger partial charge < -0.3 is 14.8 Å². The molecule has 126 valence electrons. The maximum Gasteiger partial charge on any atom is 0.419 e. The molecule has 0 aliphatic carbocycles. The number of alkyl halides is 3. The number of rotatable bonds is 2. The third-order valence-corrected chi connectivity index (χ3v) is 3.33. The number of hydrogen-bond donors (Lipinski definition) is 1. The quantitative estimate of drug-likeness (QED) is 0.844. The van der Waals surface area contributed by atoms with Crippen LogP contribution in [0.15, 0.2) is 36.4 Å². The fourth-order valence-corrected chi connectivity index (χ4v) is 2.21. The Kier molecular flexibility index (Phi) is 4.04. The van der Waals surface area contributed by atoms with Crippen LogP contribution in [0.2, 0.25) is 0 Å². The normalized spacial score (nSPS) is 13.5. The zero-order valence-corrected chi connectivity index (χ0v) is 12.1. The summed E-state index contributed by atoms with van der Waals surface area (Å²) < 4.78 is 62.1. The van der Waals surface area contributed by atoms with Crippen LogP contribution in [0.5, 0.6) is 11.5 Å². The van der Waals surface area contributed by atoms with E-state index in [2.05, 4.69) is 5.32 Å². The molecule has 0 saturated carbocycles. The largest absolute Gasteiger partial charge is 0.486 e. The van der Waals surface area contributed by atoms with Crippen molar-refractivity contribution in [3.05, 3.63) is 53.3 Å². The molecule has 0 radical (unpaired) electrons. The highest BCUT2D eigenvalue weighted by Gasteiger charge is 2.34. The van der Waals surface area contributed by atoms with Crippen molar-refractivity contribution in [1.82, 2.24) is 0 Å². The van der Waals surface area contributed by atoms with Gasteiger partial charge in [0.1, 0.15) is 19.0 Å². The number of fused-ring (bicyclic) bond motifs is 1. The van der Waals surface area contributed by atoms with Gasteiger partial charge >= 0.3 is 6.18 Å². The SMILES string of the molecule is O=C(Nc1ccc2c(c1)OCCO2)c1ccc(F)c(C(F)(F)F)c1. The predicted octanol–water partition coefficient (Wildman–Crippen LogP) is 3.87. The Bertz CT molecular complexity index is 789. The summed E-state index contributed by atoms with van der Waals surface area (Å²) in [6, 6.07) is 6.68. The molecule has 2 aromatic rings. The van der Waals surface area contributed by atoms with E-state index in [0.29, 0.717) is 42.5 Å². The highest BCUT2D eigenvalue weighted by Crippen LogP contribution is 2.34. The summed E-state index contributed by atoms with van der Waals surface area (Å²) in [5.74, 6) is -1.29. The van der Waals surface area contributed by atoms with E-state index in [-0.39, 0.29) is 5.56 Å². The molecule has 1 aliphatic rings. The van der Waals surface area contributed by atoms with E-state index in [1.165, 1.54) is 12.1 Å². The maximum atomic E-state index is 13.3. The molecule has 1 heterocycles. The Morgan fingerprint density at radius 2 is 1.71 bits per heavy atom. The van der Waals surface area contributed by atoms with E-state index in [9.17, 15) is 22.4 Å². The van der Waals surface area contributed by atoms with Crippen LogP contribution in [0.25, 0.3) is 0 Å². The Labute approximate surface area is 134 Å². The van der Waals surface area contributed by atoms with E-state index in [1.54, 1.807) is 6.07 Å². The summed E-state index contributed by atoms with van der Waals surface area (Å²) >= 11 is 0. The topological polar surface area (TPSA) is 47.6 Å². The lowest BCUT2D eigenvalue weighted by molar-refractivity contribution is -0.140. The summed E-state index contributed by atoms with van der Waals surface area (Å²) in [5.41, 5.74) is -1.47. The lowest BCUT2D eigenvalue weighted by Crippen LogP contribution is -2.17. The van der Waals surface area contributed by atoms with Gasteiger partial charge in [-0.05, 0) is 30.3 Å². The first-order valence-corrected chi connectivity index (χ1v) is 6.92. The first kappa shape index (κ1) is 16.1. The van der Waals surface area contributed by atoms with Crippen molar-refractivity contribution in [3.63, 3.8) is 0 Å². The Morgan fingerprint density at radius 1 is 1.00 bits per heavy atom. The van der Waals surface area contributed by atoms with Gasteiger partial charge in [0.2, 0.25) is 0 Å². The van der Waals surface area contributed by atoms with Gasteiger partial charge in [0.25, 0.3) is 5.91 Å². The molecular weight excluding hydrogens is 330 g/mol. The average Bonchev–Trinajstić information content (AvgIpc) is 2.54. The fourth-order valence-electron chi connectivity index (χ4n) is 2.21. The monoisotopic (exact) mass is 341 g/mol. The van der Waals surface area contributed by atoms with Crippen LogP contribution < -0.4 is 14.8 Å². The average molecular weight is 341 g/mol. The molecule has 0 fully saturated rings. The minimum Gasteiger partial charge on any atom is -0.486 e. The minimum atomic E-state index is -4.88. The van der Waals surface area contributed by atoms with Crippen LogP contribution in [-0.4, -0.2) is 19.1 Å². The van der Waals surface area contributed by atoms with Gasteiger partial charge in [-0.1, -0.05) is 0 Å². The highest BCUT2D eigenvalue weighted by atomic mass is 19.4. The van der Waals surface area contributed by atoms with Crippen molar-refractivity contribution in [2.75, 3.05) is 18.5 Å². The Hall–Kier alpha value is -2.77. The van der Waals surface area contributed by atoms with Crippen LogP contribution in [-0.2, 0) is 6.18 Å². The molecule has 0 saturated heterocycles. The molecule has 24 heavy (non-hydrogen) atoms. The Morgan fingerprint density at radius 3 is 2.42 bits per heavy atom. The number of ether oxygens (including phenoxy) is 2. The Balaban J connectivity index is 1.83. The molecule has 3 rings (SSSR count). The first-order valence-electron chi connectivity index (χ1n) is 6.92. The van der Waals surface area contributed by atoms with Crippen molar-refractivity contribution in [2.45, 2.75) is 6.18 Å². The molecule has 0 aromatic heterocycles. The van der Waals surface area contributed by atoms with Gasteiger partial charge in [0.15, 0.2) is 11.5 Å². The molecule has 1 N–H and O–H groups in total. The summed E-state index contributed by atoms with van der Waals surface area (Å²) in [4.78, 5) is 12.1. The minimum absolute atomic E-state index is 0.307. The van der Waals surface area contributed by atoms with Crippen LogP contribution in [0.1, 0.15) is 15.9 Å². The highest BCUT2D eigenvalue weighted by molar-refractivity contribution is 6.04. The van der Waals surface area contributed by atoms with Gasteiger partial charge in [-0.3, -0.25) is 4.79 Å². The molecular formula is C16H11F4NO3. The standard InChI is InChI=1S/C16H11F4NO3/c17-12-3-1-9(7-11(12)16(18,19)20)15(22)21-10-2-4-13-14(8-10)24-6-5-23-13/h1-4,7-8H,5-6H2,(H,21,22). The third-order valence-electron chi connectivity index (χ3n) is 3.33. The van der Waals surface area contributed by atoms with Crippen molar-refractivity contribution in [2.24, 2.45) is 0 Å². The number of nitrogens with one attached hydrogen (secondary N) is 1. The number of hydrogen-bond acceptors (Lipinski definition) is 3. The number of amides is 1. The van der Waals surface area contributed by atoms with Gasteiger partial charge in [0, 0.05) is 17.3 Å². The van der Waals surface area contributed by atoms with Gasteiger partial charge in [-0.25, -0.2) is 4.39 Å². The van der Waals surface area contributed by atoms with Gasteiger partial charge in [0.05, 0.1) is 5.56 Å². The number of carbonyl (C=O) groups is 1. The molecule has 8 heteroatoms. The second kappa shape index (κ2) is 6.03. The summed E-state index contributed by atoms with van der Waals surface area (Å²) in [6.07, 6.45) is -4.88. The second-order valence-electron chi connectivity index (χ2n) is 5.00. The fraction of sp³-hybridized carbons (Fsp3) is 0.188. The lowest BCUT2D eigenvalue weighted by Gasteiger charge is -2.19. The van der Waals surface area contributed by atoms with Crippen LogP contribution >= 0.6 is 0 Å². The molecule has 1 amide bonds. The first-order chi connectivity index (χ1) is 11.3. The van der Waals surface area contributed by atoms with Crippen molar-refractivity contribution in [1.29, 1.82) is 0 Å². The zero-order valence-electron chi connectivity index (χ0n) is 12.1. The van der Waals surface area contributed by atoms with E-state index in [0.717, 1.165) is 6.07 Å². The van der Waals surface area contributed by atoms with Crippen molar-refractivity contribution >= 4 is 11.6 Å². The van der Waals surface area contributed by atoms with Crippen LogP contribution in [0, 0.1) is 5.82 Å². The van der Waals surface area contributed by atoms with Crippen molar-refractivity contribution in [3.8, 4) is 11.5 Å². The van der Waals surface area contributed by atoms with Crippen molar-refractivity contribution < 1.29 is 31.8 Å². The number of benzene rings is 2. The third kappa shape index (κ3) is 3.27. The van der Waals surface area contributed by atoms with Gasteiger partial charge in [-0.2, -0.15) is 13.2 Å². The van der Waals surface area contributed by atoms with Crippen LogP contribution in [0.4, 0.5) is 23.2 Å². The molecule has 2 aromatic carbocycles. The molecule has 0 spiro atoms. The smallest absolute Gasteiger partial charge is 0.419 e. The van der Waals surface area contributed by atoms with E-state index in [1.807, 2.05) is 0 Å². The number of anilines is 1. The van der Waals surface area contributed by atoms with Gasteiger partial charge in [-0.15, -0.1) is 0 Å². The maximum absolute atomic E-state index is 13.3. The predicted molar refractivity (Wildman–Crippen MR) is 76.8 cm³/mol. The molecule has 0 atom stereocenters. The van der Waals surface area contributed by atoms with E-state index < -0.39 is 23.5 Å². The summed E-state index contributed by atoms with van der Waals surface area (Å²) in [7, 11) is 0. The molecule has 1 aliphatic heterocycles. The lowest BCUT2D eigenvalue weighted by atomic mass is 10.1. The van der Waals surface area contributed by atoms with Crippen LogP contribution in [0.3, 0.4) is 0 Å².